The summed E-state index contributed by atoms with van der Waals surface area (Å²) in [4.78, 5) is 27.9. The van der Waals surface area contributed by atoms with Gasteiger partial charge in [-0.05, 0) is 12.5 Å². The zero-order chi connectivity index (χ0) is 15.4. The molecule has 2 atom stereocenters. The van der Waals surface area contributed by atoms with Gasteiger partial charge in [-0.15, -0.1) is 12.4 Å². The predicted octanol–water partition coefficient (Wildman–Crippen LogP) is 1.26. The minimum absolute atomic E-state index is 0. The number of carbonyl (C=O) groups excluding carboxylic acids is 2. The van der Waals surface area contributed by atoms with Crippen LogP contribution in [0, 0.1) is 5.92 Å². The van der Waals surface area contributed by atoms with Crippen LogP contribution >= 0.6 is 12.4 Å². The lowest BCUT2D eigenvalue weighted by Gasteiger charge is -2.26. The van der Waals surface area contributed by atoms with Gasteiger partial charge >= 0.3 is 0 Å². The molecule has 122 valence electrons. The number of likely N-dealkylation sites (N-methyl/N-ethyl adjacent to an activating group) is 1. The summed E-state index contributed by atoms with van der Waals surface area (Å²) in [5.74, 6) is -0.192. The molecule has 2 amide bonds. The first kappa shape index (κ1) is 18.5. The Bertz CT molecular complexity index is 509. The second kappa shape index (κ2) is 8.15. The molecule has 1 aromatic rings. The standard InChI is InChI=1S/C16H23N3O2.ClH/c1-12(9-17)18(2)16(21)14-8-15(20)19(11-14)10-13-6-4-3-5-7-13;/h3-7,12,14H,8-11,17H2,1-2H3;1H. The molecule has 1 aromatic carbocycles. The van der Waals surface area contributed by atoms with Gasteiger partial charge in [-0.3, -0.25) is 9.59 Å². The van der Waals surface area contributed by atoms with Crippen molar-refractivity contribution in [1.29, 1.82) is 0 Å². The van der Waals surface area contributed by atoms with Gasteiger partial charge in [0.1, 0.15) is 0 Å². The Kier molecular flexibility index (Phi) is 6.84. The van der Waals surface area contributed by atoms with Crippen molar-refractivity contribution in [2.45, 2.75) is 25.9 Å². The minimum Gasteiger partial charge on any atom is -0.341 e. The summed E-state index contributed by atoms with van der Waals surface area (Å²) >= 11 is 0. The quantitative estimate of drug-likeness (QED) is 0.886. The lowest BCUT2D eigenvalue weighted by molar-refractivity contribution is -0.136. The van der Waals surface area contributed by atoms with Crippen LogP contribution in [-0.2, 0) is 16.1 Å². The van der Waals surface area contributed by atoms with Crippen LogP contribution in [0.5, 0.6) is 0 Å². The van der Waals surface area contributed by atoms with Crippen molar-refractivity contribution >= 4 is 24.2 Å². The molecule has 2 N–H and O–H groups in total. The van der Waals surface area contributed by atoms with Gasteiger partial charge in [-0.2, -0.15) is 0 Å². The van der Waals surface area contributed by atoms with E-state index < -0.39 is 0 Å². The number of carbonyl (C=O) groups is 2. The Hall–Kier alpha value is -1.59. The Morgan fingerprint density at radius 3 is 2.64 bits per heavy atom. The number of nitrogens with two attached hydrogens (primary N) is 1. The van der Waals surface area contributed by atoms with Crippen molar-refractivity contribution in [2.75, 3.05) is 20.1 Å². The molecule has 0 aliphatic carbocycles. The van der Waals surface area contributed by atoms with E-state index in [2.05, 4.69) is 0 Å². The third kappa shape index (κ3) is 4.21. The molecule has 0 spiro atoms. The van der Waals surface area contributed by atoms with Crippen molar-refractivity contribution in [3.05, 3.63) is 35.9 Å². The maximum absolute atomic E-state index is 12.4. The van der Waals surface area contributed by atoms with Gasteiger partial charge in [0, 0.05) is 39.1 Å². The SMILES string of the molecule is CC(CN)N(C)C(=O)C1CC(=O)N(Cc2ccccc2)C1.Cl. The second-order valence-electron chi connectivity index (χ2n) is 5.69. The minimum atomic E-state index is -0.250. The molecule has 0 saturated carbocycles. The fourth-order valence-corrected chi connectivity index (χ4v) is 2.56. The van der Waals surface area contributed by atoms with Crippen LogP contribution in [0.1, 0.15) is 18.9 Å². The van der Waals surface area contributed by atoms with Gasteiger partial charge < -0.3 is 15.5 Å². The normalized spacial score (nSPS) is 18.8. The van der Waals surface area contributed by atoms with Gasteiger partial charge in [0.2, 0.25) is 11.8 Å². The van der Waals surface area contributed by atoms with E-state index in [0.717, 1.165) is 5.56 Å². The summed E-state index contributed by atoms with van der Waals surface area (Å²) in [6, 6.07) is 9.83. The van der Waals surface area contributed by atoms with Gasteiger partial charge in [0.05, 0.1) is 5.92 Å². The third-order valence-electron chi connectivity index (χ3n) is 4.13. The number of likely N-dealkylation sites (tertiary alicyclic amines) is 1. The Morgan fingerprint density at radius 1 is 1.41 bits per heavy atom. The van der Waals surface area contributed by atoms with Crippen molar-refractivity contribution < 1.29 is 9.59 Å². The van der Waals surface area contributed by atoms with E-state index in [1.165, 1.54) is 0 Å². The average Bonchev–Trinajstić information content (AvgIpc) is 2.87. The maximum atomic E-state index is 12.4. The van der Waals surface area contributed by atoms with E-state index >= 15 is 0 Å². The number of rotatable bonds is 5. The number of halogens is 1. The first-order valence-electron chi connectivity index (χ1n) is 7.31. The summed E-state index contributed by atoms with van der Waals surface area (Å²) in [5.41, 5.74) is 6.68. The monoisotopic (exact) mass is 325 g/mol. The summed E-state index contributed by atoms with van der Waals surface area (Å²) in [5, 5.41) is 0. The highest BCUT2D eigenvalue weighted by Crippen LogP contribution is 2.22. The number of nitrogens with zero attached hydrogens (tertiary/aromatic N) is 2. The molecule has 5 nitrogen and oxygen atoms in total. The van der Waals surface area contributed by atoms with Crippen LogP contribution in [-0.4, -0.2) is 47.8 Å². The fraction of sp³-hybridized carbons (Fsp3) is 0.500. The average molecular weight is 326 g/mol. The summed E-state index contributed by atoms with van der Waals surface area (Å²) < 4.78 is 0. The molecule has 0 bridgehead atoms. The van der Waals surface area contributed by atoms with E-state index in [1.807, 2.05) is 37.3 Å². The fourth-order valence-electron chi connectivity index (χ4n) is 2.56. The van der Waals surface area contributed by atoms with Gasteiger partial charge in [0.25, 0.3) is 0 Å². The lowest BCUT2D eigenvalue weighted by Crippen LogP contribution is -2.43. The molecule has 0 radical (unpaired) electrons. The Balaban J connectivity index is 0.00000242. The lowest BCUT2D eigenvalue weighted by atomic mass is 10.1. The van der Waals surface area contributed by atoms with Gasteiger partial charge in [0.15, 0.2) is 0 Å². The molecule has 6 heteroatoms. The summed E-state index contributed by atoms with van der Waals surface area (Å²) in [6.07, 6.45) is 0.299. The number of benzene rings is 1. The summed E-state index contributed by atoms with van der Waals surface area (Å²) in [7, 11) is 1.75. The van der Waals surface area contributed by atoms with Gasteiger partial charge in [-0.1, -0.05) is 30.3 Å². The van der Waals surface area contributed by atoms with Crippen molar-refractivity contribution in [3.8, 4) is 0 Å². The molecule has 1 fully saturated rings. The van der Waals surface area contributed by atoms with E-state index in [9.17, 15) is 9.59 Å². The zero-order valence-electron chi connectivity index (χ0n) is 13.1. The van der Waals surface area contributed by atoms with Crippen LogP contribution in [0.2, 0.25) is 0 Å². The first-order chi connectivity index (χ1) is 10.0. The highest BCUT2D eigenvalue weighted by atomic mass is 35.5. The summed E-state index contributed by atoms with van der Waals surface area (Å²) in [6.45, 7) is 3.40. The molecule has 22 heavy (non-hydrogen) atoms. The highest BCUT2D eigenvalue weighted by molar-refractivity contribution is 5.89. The topological polar surface area (TPSA) is 66.6 Å². The largest absolute Gasteiger partial charge is 0.341 e. The molecule has 1 aliphatic heterocycles. The number of amides is 2. The maximum Gasteiger partial charge on any atom is 0.228 e. The molecule has 1 saturated heterocycles. The van der Waals surface area contributed by atoms with E-state index in [4.69, 9.17) is 5.73 Å². The number of hydrogen-bond acceptors (Lipinski definition) is 3. The molecule has 1 aliphatic rings. The van der Waals surface area contributed by atoms with Crippen LogP contribution in [0.25, 0.3) is 0 Å². The van der Waals surface area contributed by atoms with E-state index in [1.54, 1.807) is 16.8 Å². The molecule has 1 heterocycles. The molecule has 2 rings (SSSR count). The van der Waals surface area contributed by atoms with Crippen LogP contribution in [0.15, 0.2) is 30.3 Å². The first-order valence-corrected chi connectivity index (χ1v) is 7.31. The smallest absolute Gasteiger partial charge is 0.228 e. The van der Waals surface area contributed by atoms with Crippen LogP contribution in [0.3, 0.4) is 0 Å². The molecule has 0 aromatic heterocycles. The van der Waals surface area contributed by atoms with Crippen molar-refractivity contribution in [2.24, 2.45) is 11.7 Å². The number of hydrogen-bond donors (Lipinski definition) is 1. The van der Waals surface area contributed by atoms with E-state index in [0.29, 0.717) is 26.1 Å². The Labute approximate surface area is 137 Å². The van der Waals surface area contributed by atoms with Crippen molar-refractivity contribution in [1.82, 2.24) is 9.80 Å². The van der Waals surface area contributed by atoms with Crippen molar-refractivity contribution in [3.63, 3.8) is 0 Å². The predicted molar refractivity (Wildman–Crippen MR) is 88.5 cm³/mol. The molecular weight excluding hydrogens is 302 g/mol. The molecular formula is C16H24ClN3O2. The van der Waals surface area contributed by atoms with E-state index in [-0.39, 0.29) is 36.2 Å². The van der Waals surface area contributed by atoms with Gasteiger partial charge in [-0.25, -0.2) is 0 Å². The Morgan fingerprint density at radius 2 is 2.05 bits per heavy atom. The second-order valence-corrected chi connectivity index (χ2v) is 5.69. The van der Waals surface area contributed by atoms with Crippen LogP contribution in [0.4, 0.5) is 0 Å². The third-order valence-corrected chi connectivity index (χ3v) is 4.13. The zero-order valence-corrected chi connectivity index (χ0v) is 13.9. The van der Waals surface area contributed by atoms with Crippen LogP contribution < -0.4 is 5.73 Å². The molecule has 2 unspecified atom stereocenters. The highest BCUT2D eigenvalue weighted by Gasteiger charge is 2.36.